The van der Waals surface area contributed by atoms with Crippen LogP contribution in [0.2, 0.25) is 0 Å². The van der Waals surface area contributed by atoms with Crippen molar-refractivity contribution in [3.8, 4) is 5.75 Å². The fraction of sp³-hybridized carbons (Fsp3) is 0.632. The van der Waals surface area contributed by atoms with Crippen LogP contribution >= 0.6 is 0 Å². The maximum absolute atomic E-state index is 13.2. The van der Waals surface area contributed by atoms with Gasteiger partial charge in [0, 0.05) is 26.7 Å². The number of carbonyl (C=O) groups excluding carboxylic acids is 1. The zero-order chi connectivity index (χ0) is 20.1. The number of ether oxygens (including phenoxy) is 3. The minimum atomic E-state index is -3.76. The summed E-state index contributed by atoms with van der Waals surface area (Å²) in [5.41, 5.74) is 0.729. The number of aryl methyl sites for hydroxylation is 1. The van der Waals surface area contributed by atoms with Crippen molar-refractivity contribution in [3.05, 3.63) is 23.8 Å². The summed E-state index contributed by atoms with van der Waals surface area (Å²) in [5.74, 6) is 0.499. The monoisotopic (exact) mass is 412 g/mol. The zero-order valence-electron chi connectivity index (χ0n) is 16.4. The number of benzene rings is 1. The van der Waals surface area contributed by atoms with Gasteiger partial charge in [-0.25, -0.2) is 8.42 Å². The quantitative estimate of drug-likeness (QED) is 0.622. The number of hydrogen-bond donors (Lipinski definition) is 0. The average molecular weight is 413 g/mol. The van der Waals surface area contributed by atoms with Gasteiger partial charge in [0.15, 0.2) is 0 Å². The lowest BCUT2D eigenvalue weighted by molar-refractivity contribution is -0.138. The van der Waals surface area contributed by atoms with E-state index in [9.17, 15) is 13.2 Å². The third-order valence-electron chi connectivity index (χ3n) is 5.11. The molecule has 28 heavy (non-hydrogen) atoms. The molecule has 0 aliphatic carbocycles. The molecule has 0 saturated carbocycles. The molecule has 0 spiro atoms. The molecule has 2 saturated heterocycles. The van der Waals surface area contributed by atoms with Crippen molar-refractivity contribution in [3.63, 3.8) is 0 Å². The minimum absolute atomic E-state index is 0.124. The summed E-state index contributed by atoms with van der Waals surface area (Å²) in [7, 11) is -2.17. The second-order valence-corrected chi connectivity index (χ2v) is 8.87. The molecule has 0 N–H and O–H groups in total. The van der Waals surface area contributed by atoms with Gasteiger partial charge in [0.1, 0.15) is 18.4 Å². The lowest BCUT2D eigenvalue weighted by Crippen LogP contribution is -2.50. The van der Waals surface area contributed by atoms with E-state index in [1.807, 2.05) is 6.92 Å². The van der Waals surface area contributed by atoms with E-state index >= 15 is 0 Å². The van der Waals surface area contributed by atoms with E-state index in [1.165, 1.54) is 4.31 Å². The highest BCUT2D eigenvalue weighted by atomic mass is 32.2. The van der Waals surface area contributed by atoms with Crippen LogP contribution in [0.5, 0.6) is 5.75 Å². The molecular weight excluding hydrogens is 384 g/mol. The van der Waals surface area contributed by atoms with Crippen LogP contribution < -0.4 is 4.74 Å². The summed E-state index contributed by atoms with van der Waals surface area (Å²) in [6, 6.07) is 4.17. The summed E-state index contributed by atoms with van der Waals surface area (Å²) in [6.07, 6.45) is 1.23. The fourth-order valence-electron chi connectivity index (χ4n) is 3.58. The van der Waals surface area contributed by atoms with Crippen molar-refractivity contribution in [1.29, 1.82) is 0 Å². The largest absolute Gasteiger partial charge is 0.491 e. The highest BCUT2D eigenvalue weighted by molar-refractivity contribution is 7.89. The smallest absolute Gasteiger partial charge is 0.243 e. The molecule has 2 fully saturated rings. The van der Waals surface area contributed by atoms with E-state index in [2.05, 4.69) is 0 Å². The summed E-state index contributed by atoms with van der Waals surface area (Å²) in [6.45, 7) is 5.02. The Kier molecular flexibility index (Phi) is 6.92. The van der Waals surface area contributed by atoms with Gasteiger partial charge >= 0.3 is 0 Å². The predicted molar refractivity (Wildman–Crippen MR) is 103 cm³/mol. The standard InChI is InChI=1S/C19H28N2O6S/c1-15-14-16(5-6-18(15)27-13-12-25-2)28(23,24)21-7-3-4-17(21)19(22)20-8-10-26-11-9-20/h5-6,14,17H,3-4,7-13H2,1-2H3. The molecule has 2 aliphatic heterocycles. The predicted octanol–water partition coefficient (Wildman–Crippen LogP) is 1.03. The highest BCUT2D eigenvalue weighted by Gasteiger charge is 2.41. The number of nitrogens with zero attached hydrogens (tertiary/aromatic N) is 2. The normalized spacial score (nSPS) is 21.1. The minimum Gasteiger partial charge on any atom is -0.491 e. The van der Waals surface area contributed by atoms with Gasteiger partial charge in [-0.05, 0) is 43.5 Å². The Bertz CT molecular complexity index is 792. The van der Waals surface area contributed by atoms with Crippen molar-refractivity contribution in [2.24, 2.45) is 0 Å². The van der Waals surface area contributed by atoms with Gasteiger partial charge in [-0.3, -0.25) is 4.79 Å². The van der Waals surface area contributed by atoms with Crippen LogP contribution in [0.4, 0.5) is 0 Å². The van der Waals surface area contributed by atoms with Crippen molar-refractivity contribution < 1.29 is 27.4 Å². The topological polar surface area (TPSA) is 85.4 Å². The Morgan fingerprint density at radius 3 is 2.64 bits per heavy atom. The molecule has 2 aliphatic rings. The molecule has 1 aromatic carbocycles. The summed E-state index contributed by atoms with van der Waals surface area (Å²) in [5, 5.41) is 0. The molecule has 2 heterocycles. The second kappa shape index (κ2) is 9.21. The third-order valence-corrected chi connectivity index (χ3v) is 7.01. The van der Waals surface area contributed by atoms with Crippen LogP contribution in [0.15, 0.2) is 23.1 Å². The van der Waals surface area contributed by atoms with E-state index in [0.29, 0.717) is 64.7 Å². The Balaban J connectivity index is 1.77. The Labute approximate surface area is 166 Å². The Morgan fingerprint density at radius 1 is 1.21 bits per heavy atom. The summed E-state index contributed by atoms with van der Waals surface area (Å²) in [4.78, 5) is 14.8. The molecule has 1 unspecified atom stereocenters. The first-order chi connectivity index (χ1) is 13.4. The average Bonchev–Trinajstić information content (AvgIpc) is 3.20. The first kappa shape index (κ1) is 21.0. The number of morpholine rings is 1. The molecule has 0 bridgehead atoms. The second-order valence-electron chi connectivity index (χ2n) is 6.98. The summed E-state index contributed by atoms with van der Waals surface area (Å²) < 4.78 is 43.7. The van der Waals surface area contributed by atoms with E-state index in [-0.39, 0.29) is 10.8 Å². The van der Waals surface area contributed by atoms with Crippen molar-refractivity contribution in [1.82, 2.24) is 9.21 Å². The van der Waals surface area contributed by atoms with Gasteiger partial charge in [0.25, 0.3) is 0 Å². The van der Waals surface area contributed by atoms with Gasteiger partial charge in [0.2, 0.25) is 15.9 Å². The molecule has 1 atom stereocenters. The molecule has 0 radical (unpaired) electrons. The molecule has 9 heteroatoms. The Hall–Kier alpha value is -1.68. The summed E-state index contributed by atoms with van der Waals surface area (Å²) >= 11 is 0. The SMILES string of the molecule is COCCOc1ccc(S(=O)(=O)N2CCCC2C(=O)N2CCOCC2)cc1C. The van der Waals surface area contributed by atoms with Gasteiger partial charge in [-0.1, -0.05) is 0 Å². The molecule has 1 aromatic rings. The van der Waals surface area contributed by atoms with Crippen molar-refractivity contribution >= 4 is 15.9 Å². The van der Waals surface area contributed by atoms with Crippen LogP contribution in [-0.4, -0.2) is 82.7 Å². The molecule has 156 valence electrons. The van der Waals surface area contributed by atoms with E-state index in [4.69, 9.17) is 14.2 Å². The van der Waals surface area contributed by atoms with Crippen molar-refractivity contribution in [2.75, 3.05) is 53.2 Å². The molecule has 0 aromatic heterocycles. The number of amides is 1. The van der Waals surface area contributed by atoms with E-state index in [1.54, 1.807) is 30.2 Å². The highest BCUT2D eigenvalue weighted by Crippen LogP contribution is 2.30. The first-order valence-electron chi connectivity index (χ1n) is 9.56. The molecule has 8 nitrogen and oxygen atoms in total. The molecule has 1 amide bonds. The van der Waals surface area contributed by atoms with E-state index in [0.717, 1.165) is 5.56 Å². The van der Waals surface area contributed by atoms with Crippen LogP contribution in [0.25, 0.3) is 0 Å². The lowest BCUT2D eigenvalue weighted by Gasteiger charge is -2.32. The number of carbonyl (C=O) groups is 1. The van der Waals surface area contributed by atoms with Gasteiger partial charge in [-0.2, -0.15) is 4.31 Å². The van der Waals surface area contributed by atoms with Crippen LogP contribution in [0.1, 0.15) is 18.4 Å². The van der Waals surface area contributed by atoms with Crippen LogP contribution in [0, 0.1) is 6.92 Å². The molecular formula is C19H28N2O6S. The van der Waals surface area contributed by atoms with Gasteiger partial charge in [-0.15, -0.1) is 0 Å². The lowest BCUT2D eigenvalue weighted by atomic mass is 10.2. The van der Waals surface area contributed by atoms with Gasteiger partial charge < -0.3 is 19.1 Å². The number of hydrogen-bond acceptors (Lipinski definition) is 6. The first-order valence-corrected chi connectivity index (χ1v) is 11.0. The number of methoxy groups -OCH3 is 1. The van der Waals surface area contributed by atoms with Crippen LogP contribution in [0.3, 0.4) is 0 Å². The van der Waals surface area contributed by atoms with Gasteiger partial charge in [0.05, 0.1) is 24.7 Å². The van der Waals surface area contributed by atoms with E-state index < -0.39 is 16.1 Å². The number of sulfonamides is 1. The fourth-order valence-corrected chi connectivity index (χ4v) is 5.32. The van der Waals surface area contributed by atoms with Crippen LogP contribution in [-0.2, 0) is 24.3 Å². The zero-order valence-corrected chi connectivity index (χ0v) is 17.2. The number of rotatable bonds is 7. The Morgan fingerprint density at radius 2 is 1.96 bits per heavy atom. The maximum Gasteiger partial charge on any atom is 0.243 e. The van der Waals surface area contributed by atoms with Crippen molar-refractivity contribution in [2.45, 2.75) is 30.7 Å². The third kappa shape index (κ3) is 4.48. The maximum atomic E-state index is 13.2. The molecule has 3 rings (SSSR count).